The number of hydrogen-bond donors (Lipinski definition) is 1. The first-order chi connectivity index (χ1) is 12.1. The Hall–Kier alpha value is -2.74. The lowest BCUT2D eigenvalue weighted by Gasteiger charge is -2.23. The molecule has 1 N–H and O–H groups in total. The summed E-state index contributed by atoms with van der Waals surface area (Å²) in [5.41, 5.74) is 1.25. The van der Waals surface area contributed by atoms with Crippen LogP contribution in [0.2, 0.25) is 0 Å². The molecular weight excluding hydrogens is 322 g/mol. The molecule has 8 heteroatoms. The number of nitro groups is 1. The molecule has 2 bridgehead atoms. The van der Waals surface area contributed by atoms with E-state index in [1.807, 2.05) is 4.90 Å². The van der Waals surface area contributed by atoms with Gasteiger partial charge in [0.2, 0.25) is 0 Å². The summed E-state index contributed by atoms with van der Waals surface area (Å²) in [6.07, 6.45) is 6.54. The first kappa shape index (κ1) is 15.8. The Bertz CT molecular complexity index is 801. The van der Waals surface area contributed by atoms with Gasteiger partial charge in [-0.15, -0.1) is 0 Å². The van der Waals surface area contributed by atoms with E-state index in [0.717, 1.165) is 25.9 Å². The fourth-order valence-electron chi connectivity index (χ4n) is 3.61. The smallest absolute Gasteiger partial charge is 0.269 e. The maximum atomic E-state index is 12.8. The Morgan fingerprint density at radius 2 is 1.96 bits per heavy atom. The second kappa shape index (κ2) is 6.29. The van der Waals surface area contributed by atoms with Gasteiger partial charge in [-0.05, 0) is 31.4 Å². The van der Waals surface area contributed by atoms with Crippen molar-refractivity contribution in [2.24, 2.45) is 0 Å². The number of aromatic nitrogens is 2. The van der Waals surface area contributed by atoms with Crippen LogP contribution in [0.25, 0.3) is 5.69 Å². The van der Waals surface area contributed by atoms with Gasteiger partial charge in [0, 0.05) is 43.5 Å². The molecule has 2 aliphatic rings. The van der Waals surface area contributed by atoms with Gasteiger partial charge in [0.15, 0.2) is 0 Å². The summed E-state index contributed by atoms with van der Waals surface area (Å²) < 4.78 is 1.57. The van der Waals surface area contributed by atoms with Gasteiger partial charge in [-0.25, -0.2) is 4.68 Å². The van der Waals surface area contributed by atoms with Gasteiger partial charge in [-0.1, -0.05) is 0 Å². The van der Waals surface area contributed by atoms with Crippen molar-refractivity contribution in [1.29, 1.82) is 0 Å². The Kier molecular flexibility index (Phi) is 3.96. The molecule has 3 heterocycles. The molecule has 2 aromatic rings. The van der Waals surface area contributed by atoms with Crippen molar-refractivity contribution in [3.63, 3.8) is 0 Å². The Balaban J connectivity index is 1.50. The summed E-state index contributed by atoms with van der Waals surface area (Å²) >= 11 is 0. The predicted octanol–water partition coefficient (Wildman–Crippen LogP) is 1.75. The summed E-state index contributed by atoms with van der Waals surface area (Å²) in [5.74, 6) is -0.0116. The van der Waals surface area contributed by atoms with Crippen LogP contribution in [0.3, 0.4) is 0 Å². The van der Waals surface area contributed by atoms with Gasteiger partial charge in [-0.3, -0.25) is 14.9 Å². The van der Waals surface area contributed by atoms with E-state index in [2.05, 4.69) is 10.4 Å². The van der Waals surface area contributed by atoms with Crippen molar-refractivity contribution < 1.29 is 9.72 Å². The van der Waals surface area contributed by atoms with Crippen molar-refractivity contribution in [3.05, 3.63) is 52.3 Å². The number of fused-ring (bicyclic) bond motifs is 2. The second-order valence-corrected chi connectivity index (χ2v) is 6.62. The van der Waals surface area contributed by atoms with E-state index in [1.165, 1.54) is 18.6 Å². The summed E-state index contributed by atoms with van der Waals surface area (Å²) in [4.78, 5) is 25.0. The number of carbonyl (C=O) groups excluding carboxylic acids is 1. The number of hydrogen-bond acceptors (Lipinski definition) is 5. The van der Waals surface area contributed by atoms with E-state index in [4.69, 9.17) is 0 Å². The zero-order valence-electron chi connectivity index (χ0n) is 13.7. The normalized spacial score (nSPS) is 22.6. The first-order valence-electron chi connectivity index (χ1n) is 8.45. The third kappa shape index (κ3) is 3.12. The molecule has 0 aliphatic carbocycles. The Morgan fingerprint density at radius 1 is 1.20 bits per heavy atom. The summed E-state index contributed by atoms with van der Waals surface area (Å²) in [5, 5.41) is 18.5. The molecule has 0 spiro atoms. The largest absolute Gasteiger partial charge is 0.337 e. The van der Waals surface area contributed by atoms with Gasteiger partial charge >= 0.3 is 0 Å². The van der Waals surface area contributed by atoms with E-state index < -0.39 is 4.92 Å². The van der Waals surface area contributed by atoms with Gasteiger partial charge in [-0.2, -0.15) is 5.10 Å². The van der Waals surface area contributed by atoms with Crippen LogP contribution >= 0.6 is 0 Å². The van der Waals surface area contributed by atoms with Crippen LogP contribution in [0.5, 0.6) is 0 Å². The van der Waals surface area contributed by atoms with Gasteiger partial charge in [0.25, 0.3) is 11.6 Å². The number of rotatable bonds is 3. The lowest BCUT2D eigenvalue weighted by molar-refractivity contribution is -0.384. The van der Waals surface area contributed by atoms with Crippen LogP contribution in [-0.2, 0) is 0 Å². The molecule has 1 aromatic heterocycles. The maximum Gasteiger partial charge on any atom is 0.269 e. The van der Waals surface area contributed by atoms with E-state index >= 15 is 0 Å². The van der Waals surface area contributed by atoms with Gasteiger partial charge in [0.1, 0.15) is 0 Å². The van der Waals surface area contributed by atoms with E-state index in [-0.39, 0.29) is 11.6 Å². The van der Waals surface area contributed by atoms with E-state index in [9.17, 15) is 14.9 Å². The molecule has 1 aromatic carbocycles. The number of nitro benzene ring substituents is 1. The lowest BCUT2D eigenvalue weighted by atomic mass is 10.1. The maximum absolute atomic E-state index is 12.8. The van der Waals surface area contributed by atoms with Gasteiger partial charge < -0.3 is 10.2 Å². The van der Waals surface area contributed by atoms with Crippen molar-refractivity contribution in [2.75, 3.05) is 13.1 Å². The van der Waals surface area contributed by atoms with Crippen LogP contribution in [0.15, 0.2) is 36.7 Å². The fraction of sp³-hybridized carbons (Fsp3) is 0.412. The van der Waals surface area contributed by atoms with Crippen molar-refractivity contribution in [1.82, 2.24) is 20.0 Å². The zero-order valence-corrected chi connectivity index (χ0v) is 13.7. The minimum atomic E-state index is -0.442. The highest BCUT2D eigenvalue weighted by Gasteiger charge is 2.31. The third-order valence-electron chi connectivity index (χ3n) is 4.97. The molecule has 2 fully saturated rings. The Morgan fingerprint density at radius 3 is 2.72 bits per heavy atom. The SMILES string of the molecule is O=C(c1cnn(-c2ccc([N+](=O)[O-])cc2)c1)N1CCC2CCC(C1)N2. The molecule has 0 radical (unpaired) electrons. The van der Waals surface area contributed by atoms with Crippen LogP contribution in [-0.4, -0.2) is 50.7 Å². The average molecular weight is 341 g/mol. The number of nitrogens with one attached hydrogen (secondary N) is 1. The second-order valence-electron chi connectivity index (χ2n) is 6.62. The van der Waals surface area contributed by atoms with Crippen molar-refractivity contribution >= 4 is 11.6 Å². The van der Waals surface area contributed by atoms with E-state index in [1.54, 1.807) is 29.2 Å². The van der Waals surface area contributed by atoms with Gasteiger partial charge in [0.05, 0.1) is 22.4 Å². The molecule has 25 heavy (non-hydrogen) atoms. The highest BCUT2D eigenvalue weighted by atomic mass is 16.6. The predicted molar refractivity (Wildman–Crippen MR) is 90.7 cm³/mol. The number of nitrogens with zero attached hydrogens (tertiary/aromatic N) is 4. The molecule has 8 nitrogen and oxygen atoms in total. The third-order valence-corrected chi connectivity index (χ3v) is 4.97. The molecule has 130 valence electrons. The zero-order chi connectivity index (χ0) is 17.4. The summed E-state index contributed by atoms with van der Waals surface area (Å²) in [7, 11) is 0. The lowest BCUT2D eigenvalue weighted by Crippen LogP contribution is -2.38. The standard InChI is InChI=1S/C17H19N5O3/c23-17(20-8-7-13-1-2-14(11-20)19-13)12-9-18-21(10-12)15-3-5-16(6-4-15)22(24)25/h3-6,9-10,13-14,19H,1-2,7-8,11H2. The van der Waals surface area contributed by atoms with Crippen molar-refractivity contribution in [2.45, 2.75) is 31.3 Å². The highest BCUT2D eigenvalue weighted by molar-refractivity contribution is 5.93. The molecule has 0 saturated carbocycles. The fourth-order valence-corrected chi connectivity index (χ4v) is 3.61. The number of non-ortho nitro benzene ring substituents is 1. The molecule has 2 unspecified atom stereocenters. The minimum Gasteiger partial charge on any atom is -0.337 e. The van der Waals surface area contributed by atoms with Crippen LogP contribution in [0, 0.1) is 10.1 Å². The van der Waals surface area contributed by atoms with Crippen LogP contribution in [0.1, 0.15) is 29.6 Å². The molecule has 2 atom stereocenters. The Labute approximate surface area is 144 Å². The number of likely N-dealkylation sites (tertiary alicyclic amines) is 1. The highest BCUT2D eigenvalue weighted by Crippen LogP contribution is 2.22. The quantitative estimate of drug-likeness (QED) is 0.678. The van der Waals surface area contributed by atoms with Crippen molar-refractivity contribution in [3.8, 4) is 5.69 Å². The average Bonchev–Trinajstić information content (AvgIpc) is 3.21. The number of benzene rings is 1. The molecular formula is C17H19N5O3. The monoisotopic (exact) mass is 341 g/mol. The molecule has 1 amide bonds. The first-order valence-corrected chi connectivity index (χ1v) is 8.45. The minimum absolute atomic E-state index is 0.0116. The van der Waals surface area contributed by atoms with Crippen LogP contribution < -0.4 is 5.32 Å². The molecule has 4 rings (SSSR count). The van der Waals surface area contributed by atoms with Crippen LogP contribution in [0.4, 0.5) is 5.69 Å². The summed E-state index contributed by atoms with van der Waals surface area (Å²) in [6, 6.07) is 7.01. The number of amides is 1. The van der Waals surface area contributed by atoms with E-state index in [0.29, 0.717) is 23.3 Å². The molecule has 2 saturated heterocycles. The summed E-state index contributed by atoms with van der Waals surface area (Å²) in [6.45, 7) is 1.49. The topological polar surface area (TPSA) is 93.3 Å². The number of carbonyl (C=O) groups is 1. The molecule has 2 aliphatic heterocycles.